The van der Waals surface area contributed by atoms with Gasteiger partial charge in [0, 0.05) is 6.54 Å². The molecule has 0 rings (SSSR count). The Bertz CT molecular complexity index is 140. The highest BCUT2D eigenvalue weighted by Crippen LogP contribution is 1.86. The van der Waals surface area contributed by atoms with Crippen molar-refractivity contribution in [3.63, 3.8) is 0 Å². The van der Waals surface area contributed by atoms with Gasteiger partial charge in [0.1, 0.15) is 0 Å². The summed E-state index contributed by atoms with van der Waals surface area (Å²) in [6.07, 6.45) is 4.68. The van der Waals surface area contributed by atoms with Crippen LogP contribution in [0.5, 0.6) is 0 Å². The maximum absolute atomic E-state index is 10.5. The second-order valence-electron chi connectivity index (χ2n) is 2.78. The third kappa shape index (κ3) is 7.26. The average Bonchev–Trinajstić information content (AvgIpc) is 1.87. The van der Waals surface area contributed by atoms with Crippen molar-refractivity contribution in [1.29, 1.82) is 0 Å². The Morgan fingerprint density at radius 2 is 2.18 bits per heavy atom. The second-order valence-corrected chi connectivity index (χ2v) is 2.78. The highest BCUT2D eigenvalue weighted by Gasteiger charge is 1.91. The molecule has 0 spiro atoms. The highest BCUT2D eigenvalue weighted by atomic mass is 16.1. The molecule has 0 aliphatic rings. The number of nitrogens with zero attached hydrogens (tertiary/aromatic N) is 1. The standard InChI is InChI=1S/C9H17NO/c1-4-7-10(3)8-5-6-9(2)11/h5-6H,4,7-8H2,1-3H3/b6-5+. The first-order valence-electron chi connectivity index (χ1n) is 4.02. The summed E-state index contributed by atoms with van der Waals surface area (Å²) in [7, 11) is 2.05. The fourth-order valence-corrected chi connectivity index (χ4v) is 0.872. The highest BCUT2D eigenvalue weighted by molar-refractivity contribution is 5.87. The molecule has 0 aromatic heterocycles. The zero-order valence-corrected chi connectivity index (χ0v) is 7.63. The van der Waals surface area contributed by atoms with Crippen molar-refractivity contribution in [2.24, 2.45) is 0 Å². The van der Waals surface area contributed by atoms with E-state index in [2.05, 4.69) is 11.8 Å². The molecule has 0 saturated carbocycles. The Kier molecular flexibility index (Phi) is 5.75. The molecule has 64 valence electrons. The van der Waals surface area contributed by atoms with Crippen LogP contribution in [0.3, 0.4) is 0 Å². The van der Waals surface area contributed by atoms with Crippen LogP contribution in [0.1, 0.15) is 20.3 Å². The van der Waals surface area contributed by atoms with Gasteiger partial charge in [-0.05, 0) is 33.0 Å². The molecular formula is C9H17NO. The zero-order valence-electron chi connectivity index (χ0n) is 7.63. The first kappa shape index (κ1) is 10.4. The van der Waals surface area contributed by atoms with Crippen LogP contribution < -0.4 is 0 Å². The van der Waals surface area contributed by atoms with Crippen LogP contribution in [0.25, 0.3) is 0 Å². The van der Waals surface area contributed by atoms with Gasteiger partial charge in [-0.1, -0.05) is 13.0 Å². The van der Waals surface area contributed by atoms with Gasteiger partial charge in [0.15, 0.2) is 5.78 Å². The smallest absolute Gasteiger partial charge is 0.152 e. The van der Waals surface area contributed by atoms with Crippen molar-refractivity contribution in [3.05, 3.63) is 12.2 Å². The Labute approximate surface area is 68.9 Å². The lowest BCUT2D eigenvalue weighted by Crippen LogP contribution is -2.18. The van der Waals surface area contributed by atoms with Crippen molar-refractivity contribution in [1.82, 2.24) is 4.90 Å². The van der Waals surface area contributed by atoms with E-state index in [0.717, 1.165) is 19.5 Å². The van der Waals surface area contributed by atoms with Gasteiger partial charge in [-0.3, -0.25) is 4.79 Å². The summed E-state index contributed by atoms with van der Waals surface area (Å²) in [6.45, 7) is 5.66. The molecule has 0 aromatic carbocycles. The van der Waals surface area contributed by atoms with E-state index in [9.17, 15) is 4.79 Å². The summed E-state index contributed by atoms with van der Waals surface area (Å²) in [4.78, 5) is 12.7. The monoisotopic (exact) mass is 155 g/mol. The molecule has 2 heteroatoms. The van der Waals surface area contributed by atoms with Gasteiger partial charge in [0.25, 0.3) is 0 Å². The van der Waals surface area contributed by atoms with Crippen molar-refractivity contribution in [2.75, 3.05) is 20.1 Å². The fourth-order valence-electron chi connectivity index (χ4n) is 0.872. The fraction of sp³-hybridized carbons (Fsp3) is 0.667. The number of carbonyl (C=O) groups is 1. The largest absolute Gasteiger partial charge is 0.303 e. The van der Waals surface area contributed by atoms with E-state index in [1.54, 1.807) is 13.0 Å². The molecule has 0 bridgehead atoms. The van der Waals surface area contributed by atoms with Gasteiger partial charge in [-0.2, -0.15) is 0 Å². The second kappa shape index (κ2) is 6.10. The summed E-state index contributed by atoms with van der Waals surface area (Å²) in [5, 5.41) is 0. The number of carbonyl (C=O) groups excluding carboxylic acids is 1. The van der Waals surface area contributed by atoms with E-state index in [1.165, 1.54) is 0 Å². The van der Waals surface area contributed by atoms with Gasteiger partial charge in [-0.15, -0.1) is 0 Å². The van der Waals surface area contributed by atoms with E-state index >= 15 is 0 Å². The SMILES string of the molecule is CCCN(C)C/C=C/C(C)=O. The quantitative estimate of drug-likeness (QED) is 0.560. The van der Waals surface area contributed by atoms with Crippen molar-refractivity contribution >= 4 is 5.78 Å². The topological polar surface area (TPSA) is 20.3 Å². The first-order chi connectivity index (χ1) is 5.16. The zero-order chi connectivity index (χ0) is 8.69. The molecule has 0 radical (unpaired) electrons. The summed E-state index contributed by atoms with van der Waals surface area (Å²) in [6, 6.07) is 0. The van der Waals surface area contributed by atoms with Crippen molar-refractivity contribution in [3.8, 4) is 0 Å². The van der Waals surface area contributed by atoms with Gasteiger partial charge >= 0.3 is 0 Å². The van der Waals surface area contributed by atoms with E-state index < -0.39 is 0 Å². The third-order valence-electron chi connectivity index (χ3n) is 1.37. The predicted molar refractivity (Wildman–Crippen MR) is 47.6 cm³/mol. The molecule has 11 heavy (non-hydrogen) atoms. The third-order valence-corrected chi connectivity index (χ3v) is 1.37. The molecule has 0 atom stereocenters. The molecule has 0 N–H and O–H groups in total. The van der Waals surface area contributed by atoms with Crippen LogP contribution >= 0.6 is 0 Å². The molecule has 0 heterocycles. The van der Waals surface area contributed by atoms with Crippen LogP contribution in [-0.2, 0) is 4.79 Å². The van der Waals surface area contributed by atoms with E-state index in [4.69, 9.17) is 0 Å². The molecule has 0 aliphatic carbocycles. The lowest BCUT2D eigenvalue weighted by molar-refractivity contribution is -0.112. The van der Waals surface area contributed by atoms with E-state index in [-0.39, 0.29) is 5.78 Å². The van der Waals surface area contributed by atoms with Crippen LogP contribution in [0, 0.1) is 0 Å². The molecule has 0 fully saturated rings. The number of ketones is 1. The summed E-state index contributed by atoms with van der Waals surface area (Å²) in [5.41, 5.74) is 0. The minimum absolute atomic E-state index is 0.120. The minimum atomic E-state index is 0.120. The van der Waals surface area contributed by atoms with E-state index in [1.807, 2.05) is 13.1 Å². The van der Waals surface area contributed by atoms with Gasteiger partial charge < -0.3 is 4.90 Å². The molecule has 0 unspecified atom stereocenters. The lowest BCUT2D eigenvalue weighted by Gasteiger charge is -2.11. The van der Waals surface area contributed by atoms with Crippen LogP contribution in [0.4, 0.5) is 0 Å². The number of allylic oxidation sites excluding steroid dienone is 1. The first-order valence-corrected chi connectivity index (χ1v) is 4.02. The summed E-state index contributed by atoms with van der Waals surface area (Å²) >= 11 is 0. The number of hydrogen-bond donors (Lipinski definition) is 0. The number of rotatable bonds is 5. The van der Waals surface area contributed by atoms with Crippen LogP contribution in [0.2, 0.25) is 0 Å². The van der Waals surface area contributed by atoms with Crippen molar-refractivity contribution in [2.45, 2.75) is 20.3 Å². The van der Waals surface area contributed by atoms with Crippen LogP contribution in [-0.4, -0.2) is 30.8 Å². The molecule has 0 aliphatic heterocycles. The molecular weight excluding hydrogens is 138 g/mol. The predicted octanol–water partition coefficient (Wildman–Crippen LogP) is 1.47. The summed E-state index contributed by atoms with van der Waals surface area (Å²) < 4.78 is 0. The molecule has 0 aromatic rings. The van der Waals surface area contributed by atoms with Crippen molar-refractivity contribution < 1.29 is 4.79 Å². The van der Waals surface area contributed by atoms with Gasteiger partial charge in [-0.25, -0.2) is 0 Å². The Morgan fingerprint density at radius 3 is 2.64 bits per heavy atom. The number of hydrogen-bond acceptors (Lipinski definition) is 2. The lowest BCUT2D eigenvalue weighted by atomic mass is 10.3. The normalized spacial score (nSPS) is 11.3. The molecule has 2 nitrogen and oxygen atoms in total. The maximum atomic E-state index is 10.5. The Balaban J connectivity index is 3.44. The van der Waals surface area contributed by atoms with Gasteiger partial charge in [0.2, 0.25) is 0 Å². The minimum Gasteiger partial charge on any atom is -0.303 e. The maximum Gasteiger partial charge on any atom is 0.152 e. The average molecular weight is 155 g/mol. The van der Waals surface area contributed by atoms with E-state index in [0.29, 0.717) is 0 Å². The van der Waals surface area contributed by atoms with Gasteiger partial charge in [0.05, 0.1) is 0 Å². The molecule has 0 amide bonds. The Hall–Kier alpha value is -0.630. The summed E-state index contributed by atoms with van der Waals surface area (Å²) in [5.74, 6) is 0.120. The van der Waals surface area contributed by atoms with Crippen LogP contribution in [0.15, 0.2) is 12.2 Å². The number of likely N-dealkylation sites (N-methyl/N-ethyl adjacent to an activating group) is 1. The molecule has 0 saturated heterocycles. The Morgan fingerprint density at radius 1 is 1.55 bits per heavy atom.